The quantitative estimate of drug-likeness (QED) is 0.488. The first kappa shape index (κ1) is 22.0. The molecule has 0 spiro atoms. The zero-order chi connectivity index (χ0) is 20.9. The van der Waals surface area contributed by atoms with Gasteiger partial charge in [0.25, 0.3) is 15.9 Å². The number of hydrogen-bond donors (Lipinski definition) is 1. The Kier molecular flexibility index (Phi) is 7.24. The van der Waals surface area contributed by atoms with E-state index in [4.69, 9.17) is 4.74 Å². The van der Waals surface area contributed by atoms with Gasteiger partial charge in [0.15, 0.2) is 6.61 Å². The first-order valence-corrected chi connectivity index (χ1v) is 9.93. The number of ether oxygens (including phenoxy) is 1. The minimum Gasteiger partial charge on any atom is -0.452 e. The third-order valence-electron chi connectivity index (χ3n) is 3.51. The number of hydrogen-bond acceptors (Lipinski definition) is 6. The standard InChI is InChI=1S/C17H16BrFN2O6S/c1-21(26-2)28(24,25)13-7-8-15(18)14(9-13)17(23)27-10-16(22)20-12-5-3-11(19)4-6-12/h3-9H,10H2,1-2H3,(H,20,22). The average Bonchev–Trinajstić information content (AvgIpc) is 2.67. The summed E-state index contributed by atoms with van der Waals surface area (Å²) < 4.78 is 43.3. The van der Waals surface area contributed by atoms with Gasteiger partial charge in [-0.15, -0.1) is 0 Å². The van der Waals surface area contributed by atoms with Crippen LogP contribution in [0.1, 0.15) is 10.4 Å². The summed E-state index contributed by atoms with van der Waals surface area (Å²) in [4.78, 5) is 28.6. The summed E-state index contributed by atoms with van der Waals surface area (Å²) in [5.41, 5.74) is 0.250. The molecule has 0 heterocycles. The van der Waals surface area contributed by atoms with E-state index in [9.17, 15) is 22.4 Å². The van der Waals surface area contributed by atoms with Gasteiger partial charge in [-0.25, -0.2) is 17.6 Å². The molecular formula is C17H16BrFN2O6S. The number of esters is 1. The predicted molar refractivity (Wildman–Crippen MR) is 101 cm³/mol. The van der Waals surface area contributed by atoms with Gasteiger partial charge in [-0.1, -0.05) is 4.47 Å². The lowest BCUT2D eigenvalue weighted by molar-refractivity contribution is -0.119. The Morgan fingerprint density at radius 1 is 1.18 bits per heavy atom. The maximum absolute atomic E-state index is 12.9. The molecule has 1 amide bonds. The molecule has 2 aromatic rings. The molecular weight excluding hydrogens is 459 g/mol. The number of rotatable bonds is 7. The van der Waals surface area contributed by atoms with E-state index in [1.54, 1.807) is 0 Å². The second-order valence-corrected chi connectivity index (χ2v) is 8.16. The van der Waals surface area contributed by atoms with E-state index in [0.29, 0.717) is 10.2 Å². The Morgan fingerprint density at radius 2 is 1.82 bits per heavy atom. The van der Waals surface area contributed by atoms with Gasteiger partial charge in [-0.2, -0.15) is 0 Å². The molecule has 2 rings (SSSR count). The Hall–Kier alpha value is -2.34. The molecule has 0 bridgehead atoms. The summed E-state index contributed by atoms with van der Waals surface area (Å²) in [7, 11) is -1.58. The van der Waals surface area contributed by atoms with Crippen molar-refractivity contribution in [2.45, 2.75) is 4.90 Å². The van der Waals surface area contributed by atoms with Gasteiger partial charge in [0, 0.05) is 17.2 Å². The van der Waals surface area contributed by atoms with E-state index in [1.807, 2.05) is 0 Å². The number of benzene rings is 2. The Morgan fingerprint density at radius 3 is 2.43 bits per heavy atom. The summed E-state index contributed by atoms with van der Waals surface area (Å²) in [6.07, 6.45) is 0. The minimum atomic E-state index is -3.96. The van der Waals surface area contributed by atoms with Crippen molar-refractivity contribution in [3.05, 3.63) is 58.3 Å². The van der Waals surface area contributed by atoms with Gasteiger partial charge >= 0.3 is 5.97 Å². The molecule has 0 aliphatic rings. The van der Waals surface area contributed by atoms with Gasteiger partial charge in [0.2, 0.25) is 0 Å². The second kappa shape index (κ2) is 9.24. The molecule has 11 heteroatoms. The Balaban J connectivity index is 2.08. The van der Waals surface area contributed by atoms with Crippen molar-refractivity contribution in [1.29, 1.82) is 0 Å². The van der Waals surface area contributed by atoms with E-state index >= 15 is 0 Å². The van der Waals surface area contributed by atoms with Crippen LogP contribution in [0.15, 0.2) is 51.8 Å². The monoisotopic (exact) mass is 474 g/mol. The molecule has 150 valence electrons. The molecule has 1 N–H and O–H groups in total. The highest BCUT2D eigenvalue weighted by Crippen LogP contribution is 2.23. The molecule has 0 fully saturated rings. The zero-order valence-electron chi connectivity index (χ0n) is 14.8. The zero-order valence-corrected chi connectivity index (χ0v) is 17.2. The SMILES string of the molecule is CON(C)S(=O)(=O)c1ccc(Br)c(C(=O)OCC(=O)Nc2ccc(F)cc2)c1. The number of carbonyl (C=O) groups excluding carboxylic acids is 2. The fourth-order valence-corrected chi connectivity index (χ4v) is 3.42. The first-order valence-electron chi connectivity index (χ1n) is 7.70. The van der Waals surface area contributed by atoms with E-state index in [2.05, 4.69) is 26.1 Å². The van der Waals surface area contributed by atoms with Gasteiger partial charge in [0.05, 0.1) is 17.6 Å². The van der Waals surface area contributed by atoms with Crippen LogP contribution in [0.3, 0.4) is 0 Å². The van der Waals surface area contributed by atoms with Crippen LogP contribution >= 0.6 is 15.9 Å². The van der Waals surface area contributed by atoms with Crippen LogP contribution in [0.4, 0.5) is 10.1 Å². The lowest BCUT2D eigenvalue weighted by Crippen LogP contribution is -2.26. The van der Waals surface area contributed by atoms with Crippen molar-refractivity contribution >= 4 is 43.5 Å². The highest BCUT2D eigenvalue weighted by molar-refractivity contribution is 9.10. The van der Waals surface area contributed by atoms with Gasteiger partial charge in [0.1, 0.15) is 5.82 Å². The lowest BCUT2D eigenvalue weighted by atomic mass is 10.2. The lowest BCUT2D eigenvalue weighted by Gasteiger charge is -2.15. The summed E-state index contributed by atoms with van der Waals surface area (Å²) >= 11 is 3.14. The third-order valence-corrected chi connectivity index (χ3v) is 5.88. The molecule has 2 aromatic carbocycles. The van der Waals surface area contributed by atoms with E-state index in [-0.39, 0.29) is 14.9 Å². The largest absolute Gasteiger partial charge is 0.452 e. The number of nitrogens with one attached hydrogen (secondary N) is 1. The van der Waals surface area contributed by atoms with Crippen LogP contribution < -0.4 is 5.32 Å². The van der Waals surface area contributed by atoms with E-state index in [1.165, 1.54) is 50.6 Å². The van der Waals surface area contributed by atoms with Crippen LogP contribution in [0, 0.1) is 5.82 Å². The van der Waals surface area contributed by atoms with Crippen molar-refractivity contribution < 1.29 is 32.0 Å². The molecule has 0 aliphatic heterocycles. The smallest absolute Gasteiger partial charge is 0.339 e. The fourth-order valence-electron chi connectivity index (χ4n) is 2.01. The highest BCUT2D eigenvalue weighted by Gasteiger charge is 2.24. The van der Waals surface area contributed by atoms with E-state index in [0.717, 1.165) is 6.07 Å². The van der Waals surface area contributed by atoms with Gasteiger partial charge < -0.3 is 10.1 Å². The Bertz CT molecular complexity index is 982. The maximum atomic E-state index is 12.9. The highest BCUT2D eigenvalue weighted by atomic mass is 79.9. The number of nitrogens with zero attached hydrogens (tertiary/aromatic N) is 1. The van der Waals surface area contributed by atoms with Crippen molar-refractivity contribution in [2.75, 3.05) is 26.1 Å². The molecule has 0 unspecified atom stereocenters. The molecule has 0 aromatic heterocycles. The number of hydroxylamine groups is 1. The van der Waals surface area contributed by atoms with Crippen molar-refractivity contribution in [3.63, 3.8) is 0 Å². The molecule has 0 saturated carbocycles. The molecule has 0 radical (unpaired) electrons. The normalized spacial score (nSPS) is 11.3. The first-order chi connectivity index (χ1) is 13.1. The Labute approximate surface area is 169 Å². The van der Waals surface area contributed by atoms with Crippen molar-refractivity contribution in [1.82, 2.24) is 4.47 Å². The third kappa shape index (κ3) is 5.35. The number of amides is 1. The molecule has 0 aliphatic carbocycles. The summed E-state index contributed by atoms with van der Waals surface area (Å²) in [6, 6.07) is 8.80. The van der Waals surface area contributed by atoms with Crippen molar-refractivity contribution in [2.24, 2.45) is 0 Å². The average molecular weight is 475 g/mol. The summed E-state index contributed by atoms with van der Waals surface area (Å²) in [5, 5.41) is 2.44. The number of sulfonamides is 1. The molecule has 0 atom stereocenters. The molecule has 0 saturated heterocycles. The number of halogens is 2. The fraction of sp³-hybridized carbons (Fsp3) is 0.176. The van der Waals surface area contributed by atoms with Crippen LogP contribution in [0.5, 0.6) is 0 Å². The van der Waals surface area contributed by atoms with Crippen LogP contribution in [0.25, 0.3) is 0 Å². The number of anilines is 1. The minimum absolute atomic E-state index is 0.0832. The number of carbonyl (C=O) groups is 2. The second-order valence-electron chi connectivity index (χ2n) is 5.37. The van der Waals surface area contributed by atoms with E-state index < -0.39 is 34.3 Å². The molecule has 8 nitrogen and oxygen atoms in total. The van der Waals surface area contributed by atoms with Gasteiger partial charge in [-0.3, -0.25) is 9.63 Å². The van der Waals surface area contributed by atoms with Crippen LogP contribution in [-0.4, -0.2) is 45.5 Å². The summed E-state index contributed by atoms with van der Waals surface area (Å²) in [6.45, 7) is -0.613. The topological polar surface area (TPSA) is 102 Å². The maximum Gasteiger partial charge on any atom is 0.339 e. The van der Waals surface area contributed by atoms with Crippen LogP contribution in [-0.2, 0) is 24.4 Å². The summed E-state index contributed by atoms with van der Waals surface area (Å²) in [5.74, 6) is -2.00. The molecule has 28 heavy (non-hydrogen) atoms. The van der Waals surface area contributed by atoms with Crippen molar-refractivity contribution in [3.8, 4) is 0 Å². The predicted octanol–water partition coefficient (Wildman–Crippen LogP) is 2.57. The van der Waals surface area contributed by atoms with Crippen LogP contribution in [0.2, 0.25) is 0 Å². The van der Waals surface area contributed by atoms with Gasteiger partial charge in [-0.05, 0) is 58.4 Å².